The first kappa shape index (κ1) is 14.3. The van der Waals surface area contributed by atoms with E-state index >= 15 is 0 Å². The number of rotatable bonds is 3. The summed E-state index contributed by atoms with van der Waals surface area (Å²) in [6.07, 6.45) is 1.84. The molecule has 0 aliphatic heterocycles. The van der Waals surface area contributed by atoms with Gasteiger partial charge in [-0.05, 0) is 41.5 Å². The van der Waals surface area contributed by atoms with Crippen molar-refractivity contribution in [1.82, 2.24) is 0 Å². The first-order valence-corrected chi connectivity index (χ1v) is 6.49. The highest BCUT2D eigenvalue weighted by Crippen LogP contribution is 2.22. The number of hydrogen-bond acceptors (Lipinski definition) is 3. The molecule has 4 heteroatoms. The van der Waals surface area contributed by atoms with Gasteiger partial charge in [-0.1, -0.05) is 12.1 Å². The molecule has 0 atom stereocenters. The lowest BCUT2D eigenvalue weighted by molar-refractivity contribution is 1.13. The van der Waals surface area contributed by atoms with Gasteiger partial charge in [-0.3, -0.25) is 0 Å². The minimum absolute atomic E-state index is 0.464. The largest absolute Gasteiger partial charge is 0.385 e. The number of benzene rings is 2. The highest BCUT2D eigenvalue weighted by Gasteiger charge is 2.06. The van der Waals surface area contributed by atoms with E-state index in [9.17, 15) is 5.26 Å². The van der Waals surface area contributed by atoms with Crippen LogP contribution >= 0.6 is 0 Å². The molecule has 21 heavy (non-hydrogen) atoms. The monoisotopic (exact) mass is 275 g/mol. The van der Waals surface area contributed by atoms with Crippen molar-refractivity contribution < 1.29 is 0 Å². The number of diazo groups is 1. The molecule has 102 valence electrons. The highest BCUT2D eigenvalue weighted by atomic mass is 15.1. The number of nitrogens with zero attached hydrogens (tertiary/aromatic N) is 4. The topological polar surface area (TPSA) is 55.2 Å². The smallest absolute Gasteiger partial charge is 0.378 e. The number of allylic oxidation sites excluding steroid dienone is 1. The van der Waals surface area contributed by atoms with Crippen LogP contribution in [0.25, 0.3) is 16.6 Å². The fraction of sp³-hybridized carbons (Fsp3) is 0.118. The van der Waals surface area contributed by atoms with Crippen LogP contribution < -0.4 is 4.90 Å². The van der Waals surface area contributed by atoms with Crippen LogP contribution in [0.15, 0.2) is 48.5 Å². The van der Waals surface area contributed by atoms with Crippen LogP contribution in [0.5, 0.6) is 0 Å². The van der Waals surface area contributed by atoms with Gasteiger partial charge in [0.1, 0.15) is 0 Å². The quantitative estimate of drug-likeness (QED) is 0.476. The number of nitriles is 1. The van der Waals surface area contributed by atoms with Crippen molar-refractivity contribution in [3.8, 4) is 6.07 Å². The van der Waals surface area contributed by atoms with Crippen LogP contribution in [0.3, 0.4) is 0 Å². The molecule has 0 unspecified atom stereocenters. The summed E-state index contributed by atoms with van der Waals surface area (Å²) >= 11 is 0. The van der Waals surface area contributed by atoms with Crippen molar-refractivity contribution in [1.29, 1.82) is 10.7 Å². The Bertz CT molecular complexity index is 726. The van der Waals surface area contributed by atoms with Crippen LogP contribution in [-0.4, -0.2) is 14.1 Å². The molecular formula is C17H15N4+. The van der Waals surface area contributed by atoms with E-state index in [0.717, 1.165) is 16.8 Å². The third-order valence-corrected chi connectivity index (χ3v) is 3.13. The summed E-state index contributed by atoms with van der Waals surface area (Å²) in [5.74, 6) is 0. The van der Waals surface area contributed by atoms with Crippen molar-refractivity contribution in [2.24, 2.45) is 0 Å². The van der Waals surface area contributed by atoms with Crippen molar-refractivity contribution in [2.75, 3.05) is 19.0 Å². The first-order valence-electron chi connectivity index (χ1n) is 6.49. The summed E-state index contributed by atoms with van der Waals surface area (Å²) in [4.78, 5) is 5.12. The fourth-order valence-electron chi connectivity index (χ4n) is 1.92. The van der Waals surface area contributed by atoms with Crippen LogP contribution in [0, 0.1) is 16.7 Å². The molecule has 0 bridgehead atoms. The molecule has 0 heterocycles. The van der Waals surface area contributed by atoms with Crippen molar-refractivity contribution in [3.63, 3.8) is 0 Å². The van der Waals surface area contributed by atoms with Crippen molar-refractivity contribution in [2.45, 2.75) is 0 Å². The second-order valence-electron chi connectivity index (χ2n) is 4.80. The summed E-state index contributed by atoms with van der Waals surface area (Å²) in [5.41, 5.74) is 3.90. The summed E-state index contributed by atoms with van der Waals surface area (Å²) in [6, 6.07) is 17.0. The van der Waals surface area contributed by atoms with Gasteiger partial charge in [0.2, 0.25) is 5.39 Å². The zero-order valence-electron chi connectivity index (χ0n) is 12.0. The van der Waals surface area contributed by atoms with Crippen LogP contribution in [0.4, 0.5) is 11.4 Å². The van der Waals surface area contributed by atoms with E-state index in [0.29, 0.717) is 11.3 Å². The molecule has 0 saturated carbocycles. The Morgan fingerprint density at radius 1 is 1.05 bits per heavy atom. The number of hydrogen-bond donors (Lipinski definition) is 0. The molecule has 0 aliphatic carbocycles. The van der Waals surface area contributed by atoms with E-state index < -0.39 is 0 Å². The SMILES string of the molecule is CN(C)c1ccc(/C=C(\C#N)c2ccc([N+]#N)cc2)cc1. The summed E-state index contributed by atoms with van der Waals surface area (Å²) in [7, 11) is 3.97. The second-order valence-corrected chi connectivity index (χ2v) is 4.80. The molecular weight excluding hydrogens is 260 g/mol. The maximum atomic E-state index is 9.31. The van der Waals surface area contributed by atoms with Crippen LogP contribution in [-0.2, 0) is 0 Å². The fourth-order valence-corrected chi connectivity index (χ4v) is 1.92. The molecule has 0 aliphatic rings. The molecule has 4 nitrogen and oxygen atoms in total. The summed E-state index contributed by atoms with van der Waals surface area (Å²) in [6.45, 7) is 0. The van der Waals surface area contributed by atoms with Crippen LogP contribution in [0.1, 0.15) is 11.1 Å². The Kier molecular flexibility index (Phi) is 4.33. The van der Waals surface area contributed by atoms with E-state index in [1.54, 1.807) is 24.3 Å². The minimum atomic E-state index is 0.464. The summed E-state index contributed by atoms with van der Waals surface area (Å²) < 4.78 is 0. The van der Waals surface area contributed by atoms with E-state index in [-0.39, 0.29) is 0 Å². The Hall–Kier alpha value is -3.11. The summed E-state index contributed by atoms with van der Waals surface area (Å²) in [5, 5.41) is 18.0. The maximum Gasteiger partial charge on any atom is 0.385 e. The van der Waals surface area contributed by atoms with Gasteiger partial charge < -0.3 is 4.90 Å². The Morgan fingerprint density at radius 2 is 1.67 bits per heavy atom. The van der Waals surface area contributed by atoms with Gasteiger partial charge >= 0.3 is 5.69 Å². The minimum Gasteiger partial charge on any atom is -0.378 e. The van der Waals surface area contributed by atoms with Crippen molar-refractivity contribution >= 4 is 23.0 Å². The lowest BCUT2D eigenvalue weighted by Gasteiger charge is -2.11. The molecule has 0 radical (unpaired) electrons. The Morgan fingerprint density at radius 3 is 2.14 bits per heavy atom. The molecule has 2 aromatic carbocycles. The van der Waals surface area contributed by atoms with Gasteiger partial charge in [-0.2, -0.15) is 5.26 Å². The zero-order valence-corrected chi connectivity index (χ0v) is 12.0. The van der Waals surface area contributed by atoms with Crippen molar-refractivity contribution in [3.05, 3.63) is 64.6 Å². The molecule has 2 aromatic rings. The lowest BCUT2D eigenvalue weighted by atomic mass is 10.0. The predicted molar refractivity (Wildman–Crippen MR) is 85.4 cm³/mol. The van der Waals surface area contributed by atoms with E-state index in [1.807, 2.05) is 49.3 Å². The number of anilines is 1. The lowest BCUT2D eigenvalue weighted by Crippen LogP contribution is -2.07. The second kappa shape index (κ2) is 6.36. The predicted octanol–water partition coefficient (Wildman–Crippen LogP) is 4.30. The molecule has 0 N–H and O–H groups in total. The molecule has 0 spiro atoms. The maximum absolute atomic E-state index is 9.31. The average Bonchev–Trinajstić information content (AvgIpc) is 2.53. The Balaban J connectivity index is 2.32. The third-order valence-electron chi connectivity index (χ3n) is 3.13. The molecule has 2 rings (SSSR count). The van der Waals surface area contributed by atoms with E-state index in [4.69, 9.17) is 5.39 Å². The van der Waals surface area contributed by atoms with Gasteiger partial charge in [-0.25, -0.2) is 0 Å². The average molecular weight is 275 g/mol. The molecule has 0 amide bonds. The van der Waals surface area contributed by atoms with Gasteiger partial charge in [-0.15, -0.1) is 0 Å². The Labute approximate surface area is 124 Å². The highest BCUT2D eigenvalue weighted by molar-refractivity contribution is 5.90. The van der Waals surface area contributed by atoms with Gasteiger partial charge in [0, 0.05) is 31.9 Å². The van der Waals surface area contributed by atoms with Gasteiger partial charge in [0.15, 0.2) is 4.98 Å². The molecule has 0 aromatic heterocycles. The zero-order chi connectivity index (χ0) is 15.2. The third kappa shape index (κ3) is 3.46. The van der Waals surface area contributed by atoms with E-state index in [1.165, 1.54) is 0 Å². The normalized spacial score (nSPS) is 10.6. The first-order chi connectivity index (χ1) is 10.1. The van der Waals surface area contributed by atoms with Gasteiger partial charge in [0.25, 0.3) is 0 Å². The van der Waals surface area contributed by atoms with E-state index in [2.05, 4.69) is 11.0 Å². The standard InChI is InChI=1S/C17H15N4/c1-21(2)17-9-3-13(4-10-17)11-15(12-18)14-5-7-16(20-19)8-6-14/h3-11H,1-2H3/q+1/b15-11+. The van der Waals surface area contributed by atoms with Gasteiger partial charge in [0.05, 0.1) is 11.6 Å². The van der Waals surface area contributed by atoms with Crippen LogP contribution in [0.2, 0.25) is 0 Å². The molecule has 0 saturated heterocycles. The molecule has 0 fully saturated rings.